The summed E-state index contributed by atoms with van der Waals surface area (Å²) in [7, 11) is 0. The predicted molar refractivity (Wildman–Crippen MR) is 70.7 cm³/mol. The van der Waals surface area contributed by atoms with Crippen molar-refractivity contribution in [3.63, 3.8) is 0 Å². The Kier molecular flexibility index (Phi) is 4.01. The van der Waals surface area contributed by atoms with Gasteiger partial charge in [-0.1, -0.05) is 0 Å². The van der Waals surface area contributed by atoms with Crippen LogP contribution in [0.25, 0.3) is 0 Å². The van der Waals surface area contributed by atoms with Crippen LogP contribution >= 0.6 is 15.9 Å². The van der Waals surface area contributed by atoms with Gasteiger partial charge in [-0.05, 0) is 41.9 Å². The third-order valence-electron chi connectivity index (χ3n) is 2.82. The highest BCUT2D eigenvalue weighted by atomic mass is 79.9. The summed E-state index contributed by atoms with van der Waals surface area (Å²) in [5, 5.41) is 14.2. The van der Waals surface area contributed by atoms with Crippen LogP contribution in [-0.2, 0) is 0 Å². The number of rotatable bonds is 3. The lowest BCUT2D eigenvalue weighted by atomic mass is 10.0. The van der Waals surface area contributed by atoms with Gasteiger partial charge in [0.1, 0.15) is 17.7 Å². The van der Waals surface area contributed by atoms with Crippen molar-refractivity contribution in [2.75, 3.05) is 0 Å². The van der Waals surface area contributed by atoms with Crippen LogP contribution in [0.15, 0.2) is 29.0 Å². The van der Waals surface area contributed by atoms with Crippen molar-refractivity contribution in [2.45, 2.75) is 26.0 Å². The predicted octanol–water partition coefficient (Wildman–Crippen LogP) is 3.59. The van der Waals surface area contributed by atoms with E-state index in [0.717, 1.165) is 6.07 Å². The Bertz CT molecular complexity index is 598. The summed E-state index contributed by atoms with van der Waals surface area (Å²) in [5.41, 5.74) is -0.0257. The number of benzene rings is 1. The zero-order valence-corrected chi connectivity index (χ0v) is 12.0. The standard InChI is InChI=1S/C13H13BrF2N2O/c1-7(2)18-6-8(5-17-18)13(19)11-10(15)4-3-9(14)12(11)16/h3-7,13,19H,1-2H3. The highest BCUT2D eigenvalue weighted by Crippen LogP contribution is 2.30. The average molecular weight is 331 g/mol. The molecule has 0 amide bonds. The molecule has 0 bridgehead atoms. The van der Waals surface area contributed by atoms with Gasteiger partial charge in [-0.25, -0.2) is 8.78 Å². The van der Waals surface area contributed by atoms with Gasteiger partial charge in [-0.2, -0.15) is 5.10 Å². The first-order valence-electron chi connectivity index (χ1n) is 5.77. The molecule has 2 aromatic rings. The second-order valence-electron chi connectivity index (χ2n) is 4.51. The van der Waals surface area contributed by atoms with Gasteiger partial charge >= 0.3 is 0 Å². The second-order valence-corrected chi connectivity index (χ2v) is 5.36. The fourth-order valence-corrected chi connectivity index (χ4v) is 2.08. The maximum absolute atomic E-state index is 13.9. The molecule has 0 saturated carbocycles. The summed E-state index contributed by atoms with van der Waals surface area (Å²) in [6, 6.07) is 2.48. The Hall–Kier alpha value is -1.27. The Labute approximate surface area is 118 Å². The summed E-state index contributed by atoms with van der Waals surface area (Å²) in [6.45, 7) is 3.84. The van der Waals surface area contributed by atoms with Gasteiger partial charge in [0, 0.05) is 17.8 Å². The first-order valence-corrected chi connectivity index (χ1v) is 6.56. The first-order chi connectivity index (χ1) is 8.91. The molecule has 1 unspecified atom stereocenters. The van der Waals surface area contributed by atoms with Crippen LogP contribution in [-0.4, -0.2) is 14.9 Å². The van der Waals surface area contributed by atoms with E-state index < -0.39 is 17.7 Å². The van der Waals surface area contributed by atoms with Crippen molar-refractivity contribution in [3.05, 3.63) is 51.8 Å². The molecule has 0 aliphatic heterocycles. The van der Waals surface area contributed by atoms with E-state index in [1.165, 1.54) is 12.3 Å². The zero-order valence-electron chi connectivity index (χ0n) is 10.4. The van der Waals surface area contributed by atoms with E-state index in [1.54, 1.807) is 10.9 Å². The molecule has 0 fully saturated rings. The third kappa shape index (κ3) is 2.69. The van der Waals surface area contributed by atoms with E-state index in [-0.39, 0.29) is 16.1 Å². The van der Waals surface area contributed by atoms with Crippen molar-refractivity contribution >= 4 is 15.9 Å². The zero-order chi connectivity index (χ0) is 14.2. The smallest absolute Gasteiger partial charge is 0.146 e. The molecule has 0 spiro atoms. The fraction of sp³-hybridized carbons (Fsp3) is 0.308. The minimum absolute atomic E-state index is 0.109. The molecule has 0 saturated heterocycles. The summed E-state index contributed by atoms with van der Waals surface area (Å²) in [4.78, 5) is 0. The highest BCUT2D eigenvalue weighted by molar-refractivity contribution is 9.10. The quantitative estimate of drug-likeness (QED) is 0.873. The third-order valence-corrected chi connectivity index (χ3v) is 3.43. The van der Waals surface area contributed by atoms with E-state index in [4.69, 9.17) is 0 Å². The molecule has 1 aromatic carbocycles. The summed E-state index contributed by atoms with van der Waals surface area (Å²) in [6.07, 6.45) is 1.60. The van der Waals surface area contributed by atoms with E-state index in [1.807, 2.05) is 13.8 Å². The molecular weight excluding hydrogens is 318 g/mol. The van der Waals surface area contributed by atoms with E-state index in [2.05, 4.69) is 21.0 Å². The van der Waals surface area contributed by atoms with Crippen LogP contribution in [0, 0.1) is 11.6 Å². The first kappa shape index (κ1) is 14.1. The summed E-state index contributed by atoms with van der Waals surface area (Å²) < 4.78 is 29.3. The topological polar surface area (TPSA) is 38.0 Å². The molecule has 0 radical (unpaired) electrons. The molecule has 6 heteroatoms. The van der Waals surface area contributed by atoms with E-state index in [0.29, 0.717) is 5.56 Å². The Balaban J connectivity index is 2.43. The molecule has 0 aliphatic carbocycles. The highest BCUT2D eigenvalue weighted by Gasteiger charge is 2.23. The van der Waals surface area contributed by atoms with Crippen LogP contribution in [0.3, 0.4) is 0 Å². The number of aliphatic hydroxyl groups excluding tert-OH is 1. The summed E-state index contributed by atoms with van der Waals surface area (Å²) in [5.74, 6) is -1.59. The van der Waals surface area contributed by atoms with E-state index in [9.17, 15) is 13.9 Å². The Morgan fingerprint density at radius 3 is 2.58 bits per heavy atom. The fourth-order valence-electron chi connectivity index (χ4n) is 1.74. The van der Waals surface area contributed by atoms with Gasteiger partial charge in [0.25, 0.3) is 0 Å². The molecule has 1 heterocycles. The molecular formula is C13H13BrF2N2O. The number of halogens is 3. The SMILES string of the molecule is CC(C)n1cc(C(O)c2c(F)ccc(Br)c2F)cn1. The Morgan fingerprint density at radius 2 is 2.00 bits per heavy atom. The maximum atomic E-state index is 13.9. The van der Waals surface area contributed by atoms with Crippen molar-refractivity contribution in [2.24, 2.45) is 0 Å². The van der Waals surface area contributed by atoms with Gasteiger partial charge in [0.15, 0.2) is 0 Å². The molecule has 19 heavy (non-hydrogen) atoms. The number of nitrogens with zero attached hydrogens (tertiary/aromatic N) is 2. The van der Waals surface area contributed by atoms with Crippen molar-refractivity contribution in [1.82, 2.24) is 9.78 Å². The monoisotopic (exact) mass is 330 g/mol. The van der Waals surface area contributed by atoms with Crippen LogP contribution < -0.4 is 0 Å². The normalized spacial score (nSPS) is 13.0. The maximum Gasteiger partial charge on any atom is 0.146 e. The minimum atomic E-state index is -1.38. The molecule has 1 N–H and O–H groups in total. The van der Waals surface area contributed by atoms with Crippen molar-refractivity contribution in [1.29, 1.82) is 0 Å². The van der Waals surface area contributed by atoms with Gasteiger partial charge < -0.3 is 5.11 Å². The van der Waals surface area contributed by atoms with Crippen molar-refractivity contribution < 1.29 is 13.9 Å². The van der Waals surface area contributed by atoms with Gasteiger partial charge in [0.2, 0.25) is 0 Å². The lowest BCUT2D eigenvalue weighted by Gasteiger charge is -2.12. The Morgan fingerprint density at radius 1 is 1.32 bits per heavy atom. The van der Waals surface area contributed by atoms with Gasteiger partial charge in [0.05, 0.1) is 16.2 Å². The second kappa shape index (κ2) is 5.38. The minimum Gasteiger partial charge on any atom is -0.383 e. The van der Waals surface area contributed by atoms with Crippen LogP contribution in [0.2, 0.25) is 0 Å². The molecule has 3 nitrogen and oxygen atoms in total. The number of aliphatic hydroxyl groups is 1. The molecule has 2 rings (SSSR count). The molecule has 1 aromatic heterocycles. The molecule has 102 valence electrons. The molecule has 0 aliphatic rings. The lowest BCUT2D eigenvalue weighted by Crippen LogP contribution is -2.06. The molecule has 1 atom stereocenters. The largest absolute Gasteiger partial charge is 0.383 e. The number of hydrogen-bond acceptors (Lipinski definition) is 2. The van der Waals surface area contributed by atoms with Gasteiger partial charge in [-0.3, -0.25) is 4.68 Å². The number of hydrogen-bond donors (Lipinski definition) is 1. The lowest BCUT2D eigenvalue weighted by molar-refractivity contribution is 0.208. The van der Waals surface area contributed by atoms with Crippen LogP contribution in [0.1, 0.15) is 37.1 Å². The summed E-state index contributed by atoms with van der Waals surface area (Å²) >= 11 is 2.98. The van der Waals surface area contributed by atoms with Crippen LogP contribution in [0.5, 0.6) is 0 Å². The van der Waals surface area contributed by atoms with Crippen molar-refractivity contribution in [3.8, 4) is 0 Å². The van der Waals surface area contributed by atoms with Gasteiger partial charge in [-0.15, -0.1) is 0 Å². The van der Waals surface area contributed by atoms with E-state index >= 15 is 0 Å². The number of aromatic nitrogens is 2. The van der Waals surface area contributed by atoms with Crippen LogP contribution in [0.4, 0.5) is 8.78 Å². The average Bonchev–Trinajstić information content (AvgIpc) is 2.84.